The van der Waals surface area contributed by atoms with Gasteiger partial charge in [0.2, 0.25) is 0 Å². The van der Waals surface area contributed by atoms with Crippen LogP contribution in [-0.4, -0.2) is 30.5 Å². The van der Waals surface area contributed by atoms with Crippen molar-refractivity contribution < 1.29 is 17.6 Å². The second-order valence-electron chi connectivity index (χ2n) is 10.3. The summed E-state index contributed by atoms with van der Waals surface area (Å²) in [6.07, 6.45) is -0.915. The van der Waals surface area contributed by atoms with Crippen LogP contribution in [0.4, 0.5) is 17.6 Å². The summed E-state index contributed by atoms with van der Waals surface area (Å²) in [6, 6.07) is 11.0. The van der Waals surface area contributed by atoms with Gasteiger partial charge in [0.15, 0.2) is 0 Å². The summed E-state index contributed by atoms with van der Waals surface area (Å²) in [5.74, 6) is -1.01. The number of aryl methyl sites for hydroxylation is 1. The van der Waals surface area contributed by atoms with E-state index in [2.05, 4.69) is 20.5 Å². The maximum absolute atomic E-state index is 15.1. The van der Waals surface area contributed by atoms with Crippen molar-refractivity contribution >= 4 is 22.9 Å². The molecule has 12 heteroatoms. The third kappa shape index (κ3) is 3.82. The van der Waals surface area contributed by atoms with Crippen molar-refractivity contribution in [1.82, 2.24) is 24.8 Å². The van der Waals surface area contributed by atoms with Gasteiger partial charge in [0.1, 0.15) is 12.1 Å². The highest BCUT2D eigenvalue weighted by Gasteiger charge is 2.54. The van der Waals surface area contributed by atoms with E-state index in [-0.39, 0.29) is 41.0 Å². The van der Waals surface area contributed by atoms with Crippen LogP contribution in [0.5, 0.6) is 0 Å². The molecule has 0 bridgehead atoms. The third-order valence-electron chi connectivity index (χ3n) is 7.95. The van der Waals surface area contributed by atoms with E-state index in [0.29, 0.717) is 33.1 Å². The van der Waals surface area contributed by atoms with Crippen LogP contribution < -0.4 is 5.56 Å². The predicted molar refractivity (Wildman–Crippen MR) is 140 cm³/mol. The van der Waals surface area contributed by atoms with Crippen LogP contribution >= 0.6 is 11.6 Å². The topological polar surface area (TPSA) is 78.0 Å². The Kier molecular flexibility index (Phi) is 5.41. The Morgan fingerprint density at radius 2 is 1.90 bits per heavy atom. The second kappa shape index (κ2) is 8.69. The van der Waals surface area contributed by atoms with Gasteiger partial charge < -0.3 is 4.57 Å². The first kappa shape index (κ1) is 24.9. The molecule has 1 aliphatic carbocycles. The zero-order chi connectivity index (χ0) is 27.9. The molecule has 4 heterocycles. The molecule has 0 radical (unpaired) electrons. The monoisotopic (exact) mass is 566 g/mol. The van der Waals surface area contributed by atoms with Crippen molar-refractivity contribution in [2.75, 3.05) is 0 Å². The fourth-order valence-corrected chi connectivity index (χ4v) is 6.28. The maximum atomic E-state index is 15.1. The molecule has 0 N–H and O–H groups in total. The summed E-state index contributed by atoms with van der Waals surface area (Å²) in [5.41, 5.74) is 2.08. The molecule has 4 aromatic rings. The number of benzene rings is 2. The lowest BCUT2D eigenvalue weighted by Gasteiger charge is -2.20. The van der Waals surface area contributed by atoms with E-state index in [9.17, 15) is 18.0 Å². The van der Waals surface area contributed by atoms with Crippen LogP contribution in [0.25, 0.3) is 22.4 Å². The quantitative estimate of drug-likeness (QED) is 0.277. The van der Waals surface area contributed by atoms with Gasteiger partial charge in [0.25, 0.3) is 5.56 Å². The number of aliphatic imine (C=N–C) groups is 1. The molecule has 7 nitrogen and oxygen atoms in total. The lowest BCUT2D eigenvalue weighted by atomic mass is 9.94. The molecule has 2 aliphatic heterocycles. The molecule has 1 fully saturated rings. The number of halogens is 5. The number of rotatable bonds is 4. The standard InChI is InChI=1S/C28H19ClF4N6O/c1-13-2-4-17(26(30)25(13)28(31,32)33)15-6-21(34-11-15)27-20-10-19(20)23-7-14(8-24(40)39(23)27)18-9-16(29)3-5-22(18)38-12-35-36-37-38/h2-5,7-9,11-12,19-20,27H,6,10H2,1H3. The molecule has 3 atom stereocenters. The highest BCUT2D eigenvalue weighted by Crippen LogP contribution is 2.60. The minimum Gasteiger partial charge on any atom is -0.303 e. The fraction of sp³-hybridized carbons (Fsp3) is 0.250. The van der Waals surface area contributed by atoms with Crippen LogP contribution in [0.3, 0.4) is 0 Å². The lowest BCUT2D eigenvalue weighted by Crippen LogP contribution is -2.29. The van der Waals surface area contributed by atoms with Crippen LogP contribution in [0, 0.1) is 18.7 Å². The Balaban J connectivity index is 1.23. The van der Waals surface area contributed by atoms with E-state index < -0.39 is 17.6 Å². The van der Waals surface area contributed by atoms with Crippen LogP contribution in [-0.2, 0) is 6.18 Å². The number of allylic oxidation sites excluding steroid dienone is 1. The smallest absolute Gasteiger partial charge is 0.303 e. The molecule has 1 saturated carbocycles. The van der Waals surface area contributed by atoms with Crippen LogP contribution in [0.2, 0.25) is 5.02 Å². The molecule has 40 heavy (non-hydrogen) atoms. The fourth-order valence-electron chi connectivity index (χ4n) is 6.10. The van der Waals surface area contributed by atoms with Crippen molar-refractivity contribution in [3.63, 3.8) is 0 Å². The molecular weight excluding hydrogens is 548 g/mol. The molecule has 3 unspecified atom stereocenters. The van der Waals surface area contributed by atoms with Crippen molar-refractivity contribution in [2.24, 2.45) is 10.9 Å². The van der Waals surface area contributed by atoms with E-state index in [0.717, 1.165) is 12.1 Å². The minimum absolute atomic E-state index is 0.124. The summed E-state index contributed by atoms with van der Waals surface area (Å²) in [4.78, 5) is 18.0. The molecule has 202 valence electrons. The summed E-state index contributed by atoms with van der Waals surface area (Å²) in [7, 11) is 0. The summed E-state index contributed by atoms with van der Waals surface area (Å²) in [5, 5.41) is 11.8. The Morgan fingerprint density at radius 1 is 1.07 bits per heavy atom. The van der Waals surface area contributed by atoms with Gasteiger partial charge in [-0.2, -0.15) is 17.9 Å². The Bertz CT molecular complexity index is 1830. The Labute approximate surface area is 229 Å². The molecular formula is C28H19ClF4N6O. The summed E-state index contributed by atoms with van der Waals surface area (Å²) < 4.78 is 58.8. The van der Waals surface area contributed by atoms with Crippen molar-refractivity contribution in [2.45, 2.75) is 37.9 Å². The van der Waals surface area contributed by atoms with Gasteiger partial charge in [0.05, 0.1) is 17.3 Å². The number of alkyl halides is 3. The molecule has 2 aromatic heterocycles. The van der Waals surface area contributed by atoms with E-state index in [4.69, 9.17) is 11.6 Å². The number of tetrazole rings is 1. The van der Waals surface area contributed by atoms with Crippen LogP contribution in [0.15, 0.2) is 64.8 Å². The molecule has 0 spiro atoms. The average Bonchev–Trinajstić information content (AvgIpc) is 3.24. The van der Waals surface area contributed by atoms with E-state index in [1.807, 2.05) is 6.07 Å². The first-order valence-corrected chi connectivity index (χ1v) is 12.9. The number of hydrogen-bond donors (Lipinski definition) is 0. The van der Waals surface area contributed by atoms with Crippen molar-refractivity contribution in [1.29, 1.82) is 0 Å². The van der Waals surface area contributed by atoms with Crippen LogP contribution in [0.1, 0.15) is 47.2 Å². The number of nitrogens with zero attached hydrogens (tertiary/aromatic N) is 6. The number of fused-ring (bicyclic) bond motifs is 3. The van der Waals surface area contributed by atoms with E-state index >= 15 is 4.39 Å². The largest absolute Gasteiger partial charge is 0.419 e. The first-order chi connectivity index (χ1) is 19.1. The SMILES string of the molecule is Cc1ccc(C2=CN=C(C3C4CC4c4cc(-c5cc(Cl)ccc5-n5cnnn5)cc(=O)n43)C2)c(F)c1C(F)(F)F. The summed E-state index contributed by atoms with van der Waals surface area (Å²) in [6.45, 7) is 1.24. The Hall–Kier alpha value is -4.12. The van der Waals surface area contributed by atoms with Gasteiger partial charge >= 0.3 is 6.18 Å². The first-order valence-electron chi connectivity index (χ1n) is 12.5. The van der Waals surface area contributed by atoms with Crippen molar-refractivity contribution in [3.8, 4) is 16.8 Å². The maximum Gasteiger partial charge on any atom is 0.419 e. The summed E-state index contributed by atoms with van der Waals surface area (Å²) >= 11 is 6.30. The lowest BCUT2D eigenvalue weighted by molar-refractivity contribution is -0.140. The highest BCUT2D eigenvalue weighted by molar-refractivity contribution is 6.31. The third-order valence-corrected chi connectivity index (χ3v) is 8.18. The minimum atomic E-state index is -4.81. The van der Waals surface area contributed by atoms with E-state index in [1.165, 1.54) is 42.3 Å². The van der Waals surface area contributed by atoms with Gasteiger partial charge in [-0.15, -0.1) is 5.10 Å². The number of aromatic nitrogens is 5. The molecule has 7 rings (SSSR count). The number of pyridine rings is 1. The average molecular weight is 567 g/mol. The molecule has 3 aliphatic rings. The zero-order valence-electron chi connectivity index (χ0n) is 20.8. The van der Waals surface area contributed by atoms with Gasteiger partial charge in [-0.1, -0.05) is 23.7 Å². The second-order valence-corrected chi connectivity index (χ2v) is 10.7. The van der Waals surface area contributed by atoms with Gasteiger partial charge in [-0.3, -0.25) is 9.79 Å². The molecule has 2 aromatic carbocycles. The van der Waals surface area contributed by atoms with E-state index in [1.54, 1.807) is 22.8 Å². The zero-order valence-corrected chi connectivity index (χ0v) is 21.6. The predicted octanol–water partition coefficient (Wildman–Crippen LogP) is 6.15. The normalized spacial score (nSPS) is 21.2. The molecule has 0 amide bonds. The molecule has 0 saturated heterocycles. The van der Waals surface area contributed by atoms with Crippen molar-refractivity contribution in [3.05, 3.63) is 98.6 Å². The number of hydrogen-bond acceptors (Lipinski definition) is 5. The van der Waals surface area contributed by atoms with Gasteiger partial charge in [0, 0.05) is 52.2 Å². The van der Waals surface area contributed by atoms with Gasteiger partial charge in [-0.25, -0.2) is 4.39 Å². The highest BCUT2D eigenvalue weighted by atomic mass is 35.5. The van der Waals surface area contributed by atoms with Gasteiger partial charge in [-0.05, 0) is 70.7 Å². The Morgan fingerprint density at radius 3 is 2.65 bits per heavy atom.